The molecule has 5 aliphatic carbocycles. The average Bonchev–Trinajstić information content (AvgIpc) is 3.47. The molecule has 5 rings (SSSR count). The van der Waals surface area contributed by atoms with Gasteiger partial charge >= 0.3 is 18.1 Å². The third-order valence-electron chi connectivity index (χ3n) is 13.3. The Morgan fingerprint density at radius 1 is 1.12 bits per heavy atom. The van der Waals surface area contributed by atoms with Crippen LogP contribution in [0, 0.1) is 44.8 Å². The van der Waals surface area contributed by atoms with Gasteiger partial charge in [-0.05, 0) is 87.6 Å². The van der Waals surface area contributed by atoms with Crippen molar-refractivity contribution in [2.24, 2.45) is 44.8 Å². The largest absolute Gasteiger partial charge is 0.471 e. The number of aliphatic hydroxyl groups is 1. The van der Waals surface area contributed by atoms with Crippen LogP contribution >= 0.6 is 0 Å². The average molecular weight is 571 g/mol. The van der Waals surface area contributed by atoms with E-state index < -0.39 is 39.8 Å². The maximum Gasteiger partial charge on any atom is 0.471 e. The van der Waals surface area contributed by atoms with Crippen LogP contribution in [0.15, 0.2) is 0 Å². The summed E-state index contributed by atoms with van der Waals surface area (Å²) < 4.78 is 45.4. The number of carbonyl (C=O) groups excluding carboxylic acids is 3. The molecule has 0 heterocycles. The van der Waals surface area contributed by atoms with Crippen LogP contribution in [0.3, 0.4) is 0 Å². The molecule has 11 atom stereocenters. The molecule has 0 aromatic heterocycles. The molecule has 0 bridgehead atoms. The van der Waals surface area contributed by atoms with Gasteiger partial charge in [-0.1, -0.05) is 20.8 Å². The predicted octanol–water partition coefficient (Wildman–Crippen LogP) is 4.12. The van der Waals surface area contributed by atoms with Crippen LogP contribution in [0.5, 0.6) is 0 Å². The second-order valence-electron chi connectivity index (χ2n) is 14.7. The Morgan fingerprint density at radius 3 is 2.30 bits per heavy atom. The minimum Gasteiger partial charge on any atom is -0.462 e. The van der Waals surface area contributed by atoms with Crippen LogP contribution in [-0.2, 0) is 19.1 Å². The quantitative estimate of drug-likeness (QED) is 0.483. The standard InChI is InChI=1S/C30H45F3N2O5/c1-16(35(6)7)23-18(40-17(2)37)12-26(4)20-9-8-19-25(3,15-36)21(34-24(39)30(31,32)33)10-11-28(19)14-29(20,28)22(38)13-27(23,26)5/h16,18-21,23,36H,8-15H2,1-7H3,(H,34,39)/t16-,18+,19-,20-,21-,23-,25-,26-,27+,28+,29+/m0/s1. The monoisotopic (exact) mass is 570 g/mol. The number of halogens is 3. The third kappa shape index (κ3) is 3.59. The number of aliphatic hydroxyl groups excluding tert-OH is 1. The van der Waals surface area contributed by atoms with Gasteiger partial charge in [-0.25, -0.2) is 0 Å². The number of ketones is 1. The lowest BCUT2D eigenvalue weighted by Crippen LogP contribution is -2.64. The van der Waals surface area contributed by atoms with Crippen molar-refractivity contribution in [2.45, 2.75) is 104 Å². The molecule has 2 N–H and O–H groups in total. The van der Waals surface area contributed by atoms with Gasteiger partial charge in [-0.2, -0.15) is 13.2 Å². The lowest BCUT2D eigenvalue weighted by Gasteiger charge is -2.62. The van der Waals surface area contributed by atoms with Crippen LogP contribution in [0.25, 0.3) is 0 Å². The molecule has 226 valence electrons. The molecule has 40 heavy (non-hydrogen) atoms. The highest BCUT2D eigenvalue weighted by Crippen LogP contribution is 2.88. The molecule has 5 saturated carbocycles. The van der Waals surface area contributed by atoms with E-state index in [4.69, 9.17) is 4.74 Å². The molecule has 0 aromatic carbocycles. The summed E-state index contributed by atoms with van der Waals surface area (Å²) in [4.78, 5) is 40.7. The molecule has 5 aliphatic rings. The van der Waals surface area contributed by atoms with Crippen LogP contribution < -0.4 is 5.32 Å². The van der Waals surface area contributed by atoms with Crippen LogP contribution in [0.2, 0.25) is 0 Å². The van der Waals surface area contributed by atoms with Gasteiger partial charge in [0.15, 0.2) is 0 Å². The van der Waals surface area contributed by atoms with E-state index in [0.29, 0.717) is 38.5 Å². The second kappa shape index (κ2) is 8.91. The van der Waals surface area contributed by atoms with E-state index in [1.165, 1.54) is 6.92 Å². The first kappa shape index (κ1) is 29.8. The number of ether oxygens (including phenoxy) is 1. The lowest BCUT2D eigenvalue weighted by atomic mass is 9.41. The third-order valence-corrected chi connectivity index (χ3v) is 13.3. The van der Waals surface area contributed by atoms with Gasteiger partial charge in [0, 0.05) is 42.2 Å². The zero-order valence-electron chi connectivity index (χ0n) is 24.8. The molecule has 0 radical (unpaired) electrons. The van der Waals surface area contributed by atoms with E-state index in [1.54, 1.807) is 6.92 Å². The fourth-order valence-corrected chi connectivity index (χ4v) is 11.2. The molecule has 1 amide bonds. The maximum absolute atomic E-state index is 14.5. The number of amides is 1. The molecule has 0 aromatic rings. The Morgan fingerprint density at radius 2 is 1.75 bits per heavy atom. The van der Waals surface area contributed by atoms with Crippen molar-refractivity contribution < 1.29 is 37.4 Å². The van der Waals surface area contributed by atoms with E-state index in [2.05, 4.69) is 31.0 Å². The van der Waals surface area contributed by atoms with E-state index in [-0.39, 0.29) is 53.7 Å². The Labute approximate surface area is 234 Å². The summed E-state index contributed by atoms with van der Waals surface area (Å²) in [6, 6.07) is -0.742. The van der Waals surface area contributed by atoms with Crippen molar-refractivity contribution in [3.8, 4) is 0 Å². The highest BCUT2D eigenvalue weighted by Gasteiger charge is 2.86. The summed E-state index contributed by atoms with van der Waals surface area (Å²) in [7, 11) is 4.01. The summed E-state index contributed by atoms with van der Waals surface area (Å²) in [5.41, 5.74) is -2.61. The first-order valence-corrected chi connectivity index (χ1v) is 14.7. The van der Waals surface area contributed by atoms with Crippen molar-refractivity contribution >= 4 is 17.7 Å². The van der Waals surface area contributed by atoms with Crippen molar-refractivity contribution in [2.75, 3.05) is 20.7 Å². The first-order chi connectivity index (χ1) is 18.4. The smallest absolute Gasteiger partial charge is 0.462 e. The molecule has 10 heteroatoms. The zero-order chi connectivity index (χ0) is 29.8. The highest BCUT2D eigenvalue weighted by atomic mass is 19.4. The first-order valence-electron chi connectivity index (χ1n) is 14.7. The number of fused-ring (bicyclic) bond motifs is 2. The van der Waals surface area contributed by atoms with Crippen LogP contribution in [0.4, 0.5) is 13.2 Å². The van der Waals surface area contributed by atoms with Gasteiger partial charge in [0.25, 0.3) is 0 Å². The fraction of sp³-hybridized carbons (Fsp3) is 0.900. The molecule has 7 nitrogen and oxygen atoms in total. The van der Waals surface area contributed by atoms with Gasteiger partial charge in [0.1, 0.15) is 11.9 Å². The molecular weight excluding hydrogens is 525 g/mol. The van der Waals surface area contributed by atoms with E-state index in [9.17, 15) is 32.7 Å². The van der Waals surface area contributed by atoms with Crippen molar-refractivity contribution in [1.82, 2.24) is 10.2 Å². The van der Waals surface area contributed by atoms with Gasteiger partial charge in [-0.15, -0.1) is 0 Å². The van der Waals surface area contributed by atoms with Crippen LogP contribution in [-0.4, -0.2) is 72.7 Å². The highest BCUT2D eigenvalue weighted by molar-refractivity contribution is 5.92. The summed E-state index contributed by atoms with van der Waals surface area (Å²) in [6.45, 7) is 9.47. The maximum atomic E-state index is 14.5. The number of Topliss-reactive ketones (excluding diaryl/α,β-unsaturated/α-hetero) is 1. The molecule has 5 fully saturated rings. The zero-order valence-corrected chi connectivity index (χ0v) is 24.8. The van der Waals surface area contributed by atoms with Crippen molar-refractivity contribution in [3.05, 3.63) is 0 Å². The number of nitrogens with one attached hydrogen (secondary N) is 1. The molecule has 2 spiro atoms. The van der Waals surface area contributed by atoms with Crippen molar-refractivity contribution in [3.63, 3.8) is 0 Å². The molecular formula is C30H45F3N2O5. The molecule has 0 unspecified atom stereocenters. The van der Waals surface area contributed by atoms with Crippen molar-refractivity contribution in [1.29, 1.82) is 0 Å². The molecule has 0 saturated heterocycles. The number of esters is 1. The Kier molecular flexibility index (Phi) is 6.64. The normalized spacial score (nSPS) is 48.4. The summed E-state index contributed by atoms with van der Waals surface area (Å²) >= 11 is 0. The number of hydrogen-bond acceptors (Lipinski definition) is 6. The minimum absolute atomic E-state index is 0.0267. The SMILES string of the molecule is CC(=O)O[C@@H]1C[C@@]2(C)[C@@H]3CC[C@H]4[C@](C)(CO)[C@@H](NC(=O)C(F)(F)F)CC[C@@]45C[C@]35C(=O)C[C@]2(C)[C@H]1[C@H](C)N(C)C. The van der Waals surface area contributed by atoms with Gasteiger partial charge < -0.3 is 20.1 Å². The van der Waals surface area contributed by atoms with Gasteiger partial charge in [0.05, 0.1) is 6.61 Å². The second-order valence-corrected chi connectivity index (χ2v) is 14.7. The minimum atomic E-state index is -5.00. The topological polar surface area (TPSA) is 95.9 Å². The molecule has 0 aliphatic heterocycles. The number of alkyl halides is 3. The fourth-order valence-electron chi connectivity index (χ4n) is 11.2. The van der Waals surface area contributed by atoms with Gasteiger partial charge in [0.2, 0.25) is 0 Å². The van der Waals surface area contributed by atoms with Gasteiger partial charge in [-0.3, -0.25) is 14.4 Å². The van der Waals surface area contributed by atoms with Crippen LogP contribution in [0.1, 0.15) is 79.6 Å². The Hall–Kier alpha value is -1.68. The summed E-state index contributed by atoms with van der Waals surface area (Å²) in [5, 5.41) is 12.8. The van der Waals surface area contributed by atoms with E-state index in [1.807, 2.05) is 14.1 Å². The predicted molar refractivity (Wildman–Crippen MR) is 141 cm³/mol. The number of carbonyl (C=O) groups is 3. The summed E-state index contributed by atoms with van der Waals surface area (Å²) in [6.07, 6.45) is -1.34. The summed E-state index contributed by atoms with van der Waals surface area (Å²) in [5.74, 6) is -2.22. The Bertz CT molecular complexity index is 1110. The van der Waals surface area contributed by atoms with E-state index >= 15 is 0 Å². The number of rotatable bonds is 5. The lowest BCUT2D eigenvalue weighted by molar-refractivity contribution is -0.182. The van der Waals surface area contributed by atoms with E-state index in [0.717, 1.165) is 6.42 Å². The number of hydrogen-bond donors (Lipinski definition) is 2. The Balaban J connectivity index is 1.52. The number of nitrogens with zero attached hydrogens (tertiary/aromatic N) is 1.